The summed E-state index contributed by atoms with van der Waals surface area (Å²) in [5, 5.41) is 13.1. The van der Waals surface area contributed by atoms with Gasteiger partial charge in [0, 0.05) is 23.5 Å². The molecule has 0 radical (unpaired) electrons. The van der Waals surface area contributed by atoms with Crippen LogP contribution in [0.4, 0.5) is 35.9 Å². The first-order valence-electron chi connectivity index (χ1n) is 12.2. The Morgan fingerprint density at radius 1 is 0.841 bits per heavy atom. The molecule has 4 aromatic carbocycles. The van der Waals surface area contributed by atoms with Crippen molar-refractivity contribution >= 4 is 60.3 Å². The van der Waals surface area contributed by atoms with Crippen LogP contribution in [0.25, 0.3) is 0 Å². The number of hydrogen-bond donors (Lipinski definition) is 2. The van der Waals surface area contributed by atoms with Crippen molar-refractivity contribution in [2.24, 2.45) is 0 Å². The molecule has 0 aliphatic carbocycles. The van der Waals surface area contributed by atoms with Crippen molar-refractivity contribution in [1.29, 1.82) is 0 Å². The molecule has 0 aliphatic rings. The molecule has 4 aromatic rings. The number of nitro groups is 1. The van der Waals surface area contributed by atoms with E-state index in [-0.39, 0.29) is 26.9 Å². The van der Waals surface area contributed by atoms with E-state index in [0.29, 0.717) is 10.4 Å². The monoisotopic (exact) mass is 668 g/mol. The number of sulfonamides is 2. The summed E-state index contributed by atoms with van der Waals surface area (Å²) in [5.41, 5.74) is -2.13. The Morgan fingerprint density at radius 3 is 2.09 bits per heavy atom. The van der Waals surface area contributed by atoms with Gasteiger partial charge in [0.05, 0.1) is 31.0 Å². The van der Waals surface area contributed by atoms with Crippen LogP contribution in [0.5, 0.6) is 0 Å². The second-order valence-corrected chi connectivity index (χ2v) is 12.9. The zero-order valence-electron chi connectivity index (χ0n) is 22.0. The first-order valence-corrected chi connectivity index (χ1v) is 15.5. The molecule has 2 N–H and O–H groups in total. The summed E-state index contributed by atoms with van der Waals surface area (Å²) in [6, 6.07) is 18.8. The number of nitrogens with zero attached hydrogens (tertiary/aromatic N) is 2. The van der Waals surface area contributed by atoms with Crippen molar-refractivity contribution in [3.8, 4) is 0 Å². The maximum absolute atomic E-state index is 13.4. The van der Waals surface area contributed by atoms with Gasteiger partial charge in [0.25, 0.3) is 25.7 Å². The molecule has 0 heterocycles. The lowest BCUT2D eigenvalue weighted by molar-refractivity contribution is -0.384. The number of nitrogens with one attached hydrogen (secondary N) is 2. The fourth-order valence-electron chi connectivity index (χ4n) is 3.86. The smallest absolute Gasteiger partial charge is 0.325 e. The summed E-state index contributed by atoms with van der Waals surface area (Å²) in [7, 11) is -8.74. The van der Waals surface area contributed by atoms with Crippen LogP contribution in [-0.2, 0) is 31.0 Å². The van der Waals surface area contributed by atoms with Gasteiger partial charge >= 0.3 is 6.18 Å². The summed E-state index contributed by atoms with van der Waals surface area (Å²) in [4.78, 5) is 23.0. The van der Waals surface area contributed by atoms with Crippen LogP contribution in [0.1, 0.15) is 5.56 Å². The standard InChI is InChI=1S/C27H20ClF3N4O7S2/c28-25-14-11-19(15-24(25)27(29,30)31)33-43(39,40)22-12-9-18(10-13-22)32-26(36)17-34(20-5-4-6-21(16-20)35(37)38)44(41,42)23-7-2-1-3-8-23/h1-16,33H,17H2,(H,32,36). The molecule has 0 aliphatic heterocycles. The predicted molar refractivity (Wildman–Crippen MR) is 156 cm³/mol. The summed E-state index contributed by atoms with van der Waals surface area (Å²) < 4.78 is 94.6. The molecular weight excluding hydrogens is 649 g/mol. The molecular formula is C27H20ClF3N4O7S2. The van der Waals surface area contributed by atoms with Crippen molar-refractivity contribution < 1.29 is 39.7 Å². The Labute approximate surface area is 254 Å². The predicted octanol–water partition coefficient (Wildman–Crippen LogP) is 5.90. The number of nitro benzene ring substituents is 1. The molecule has 1 amide bonds. The molecule has 11 nitrogen and oxygen atoms in total. The molecule has 0 fully saturated rings. The normalized spacial score (nSPS) is 11.9. The van der Waals surface area contributed by atoms with Crippen molar-refractivity contribution in [3.63, 3.8) is 0 Å². The second kappa shape index (κ2) is 12.5. The lowest BCUT2D eigenvalue weighted by Crippen LogP contribution is -2.38. The zero-order valence-corrected chi connectivity index (χ0v) is 24.4. The van der Waals surface area contributed by atoms with E-state index in [4.69, 9.17) is 11.6 Å². The minimum Gasteiger partial charge on any atom is -0.325 e. The van der Waals surface area contributed by atoms with E-state index in [1.165, 1.54) is 48.5 Å². The minimum absolute atomic E-state index is 0.0518. The molecule has 0 bridgehead atoms. The molecule has 0 aromatic heterocycles. The quantitative estimate of drug-likeness (QED) is 0.157. The van der Waals surface area contributed by atoms with E-state index >= 15 is 0 Å². The van der Waals surface area contributed by atoms with Crippen LogP contribution in [0.2, 0.25) is 5.02 Å². The third-order valence-electron chi connectivity index (χ3n) is 5.92. The Morgan fingerprint density at radius 2 is 1.48 bits per heavy atom. The van der Waals surface area contributed by atoms with Gasteiger partial charge in [0.1, 0.15) is 6.54 Å². The largest absolute Gasteiger partial charge is 0.417 e. The van der Waals surface area contributed by atoms with Crippen LogP contribution in [-0.4, -0.2) is 34.2 Å². The van der Waals surface area contributed by atoms with Gasteiger partial charge in [0.2, 0.25) is 5.91 Å². The number of halogens is 4. The number of benzene rings is 4. The van der Waals surface area contributed by atoms with Gasteiger partial charge in [-0.25, -0.2) is 16.8 Å². The number of amides is 1. The molecule has 17 heteroatoms. The number of rotatable bonds is 10. The van der Waals surface area contributed by atoms with E-state index in [9.17, 15) is 44.9 Å². The third kappa shape index (κ3) is 7.45. The van der Waals surface area contributed by atoms with E-state index in [1.807, 2.05) is 4.72 Å². The summed E-state index contributed by atoms with van der Waals surface area (Å²) in [6.45, 7) is -0.807. The molecule has 44 heavy (non-hydrogen) atoms. The maximum Gasteiger partial charge on any atom is 0.417 e. The third-order valence-corrected chi connectivity index (χ3v) is 9.43. The SMILES string of the molecule is O=C(CN(c1cccc([N+](=O)[O-])c1)S(=O)(=O)c1ccccc1)Nc1ccc(S(=O)(=O)Nc2ccc(Cl)c(C(F)(F)F)c2)cc1. The Kier molecular flexibility index (Phi) is 9.17. The van der Waals surface area contributed by atoms with Crippen LogP contribution in [0.15, 0.2) is 107 Å². The summed E-state index contributed by atoms with van der Waals surface area (Å²) >= 11 is 5.57. The Bertz CT molecular complexity index is 1930. The maximum atomic E-state index is 13.4. The van der Waals surface area contributed by atoms with Crippen molar-refractivity contribution in [2.45, 2.75) is 16.0 Å². The fraction of sp³-hybridized carbons (Fsp3) is 0.0741. The average molecular weight is 669 g/mol. The highest BCUT2D eigenvalue weighted by Gasteiger charge is 2.34. The lowest BCUT2D eigenvalue weighted by Gasteiger charge is -2.24. The van der Waals surface area contributed by atoms with Crippen LogP contribution in [0, 0.1) is 10.1 Å². The van der Waals surface area contributed by atoms with Gasteiger partial charge in [-0.3, -0.25) is 23.9 Å². The Balaban J connectivity index is 1.54. The van der Waals surface area contributed by atoms with Gasteiger partial charge in [-0.1, -0.05) is 35.9 Å². The molecule has 0 spiro atoms. The van der Waals surface area contributed by atoms with E-state index in [0.717, 1.165) is 36.4 Å². The Hall–Kier alpha value is -4.67. The lowest BCUT2D eigenvalue weighted by atomic mass is 10.2. The first kappa shape index (κ1) is 32.2. The number of carbonyl (C=O) groups excluding carboxylic acids is 1. The molecule has 0 atom stereocenters. The van der Waals surface area contributed by atoms with E-state index < -0.39 is 59.9 Å². The highest BCUT2D eigenvalue weighted by molar-refractivity contribution is 7.93. The second-order valence-electron chi connectivity index (χ2n) is 8.97. The highest BCUT2D eigenvalue weighted by Crippen LogP contribution is 2.36. The van der Waals surface area contributed by atoms with Gasteiger partial charge in [-0.2, -0.15) is 13.2 Å². The van der Waals surface area contributed by atoms with Gasteiger partial charge in [0.15, 0.2) is 0 Å². The molecule has 4 rings (SSSR count). The first-order chi connectivity index (χ1) is 20.6. The number of hydrogen-bond acceptors (Lipinski definition) is 7. The minimum atomic E-state index is -4.82. The topological polar surface area (TPSA) is 156 Å². The van der Waals surface area contributed by atoms with E-state index in [1.54, 1.807) is 6.07 Å². The van der Waals surface area contributed by atoms with Crippen LogP contribution >= 0.6 is 11.6 Å². The number of alkyl halides is 3. The van der Waals surface area contributed by atoms with Crippen LogP contribution in [0.3, 0.4) is 0 Å². The summed E-state index contributed by atoms with van der Waals surface area (Å²) in [5.74, 6) is -0.870. The fourth-order valence-corrected chi connectivity index (χ4v) is 6.57. The highest BCUT2D eigenvalue weighted by atomic mass is 35.5. The number of non-ortho nitro benzene ring substituents is 1. The van der Waals surface area contributed by atoms with Crippen molar-refractivity contribution in [3.05, 3.63) is 118 Å². The van der Waals surface area contributed by atoms with Gasteiger partial charge < -0.3 is 5.32 Å². The average Bonchev–Trinajstić information content (AvgIpc) is 2.97. The zero-order chi connectivity index (χ0) is 32.3. The van der Waals surface area contributed by atoms with Gasteiger partial charge in [-0.05, 0) is 60.7 Å². The van der Waals surface area contributed by atoms with E-state index in [2.05, 4.69) is 5.32 Å². The van der Waals surface area contributed by atoms with Gasteiger partial charge in [-0.15, -0.1) is 0 Å². The molecule has 0 saturated heterocycles. The summed E-state index contributed by atoms with van der Waals surface area (Å²) in [6.07, 6.45) is -4.82. The van der Waals surface area contributed by atoms with Crippen molar-refractivity contribution in [2.75, 3.05) is 20.9 Å². The van der Waals surface area contributed by atoms with Crippen LogP contribution < -0.4 is 14.3 Å². The number of carbonyl (C=O) groups is 1. The molecule has 0 saturated carbocycles. The molecule has 230 valence electrons. The molecule has 0 unspecified atom stereocenters. The number of anilines is 3. The van der Waals surface area contributed by atoms with Crippen molar-refractivity contribution in [1.82, 2.24) is 0 Å².